The number of fused-ring (bicyclic) bond motifs is 1. The summed E-state index contributed by atoms with van der Waals surface area (Å²) in [7, 11) is 1.69. The largest absolute Gasteiger partial charge is 0.383 e. The molecule has 172 valence electrons. The van der Waals surface area contributed by atoms with Crippen molar-refractivity contribution in [2.24, 2.45) is 7.05 Å². The van der Waals surface area contributed by atoms with Gasteiger partial charge in [0.25, 0.3) is 5.56 Å². The van der Waals surface area contributed by atoms with E-state index >= 15 is 0 Å². The Kier molecular flexibility index (Phi) is 7.01. The van der Waals surface area contributed by atoms with E-state index in [0.717, 1.165) is 17.5 Å². The molecule has 0 saturated carbocycles. The van der Waals surface area contributed by atoms with Gasteiger partial charge >= 0.3 is 11.4 Å². The van der Waals surface area contributed by atoms with E-state index in [4.69, 9.17) is 5.73 Å². The number of amides is 1. The molecule has 0 spiro atoms. The first kappa shape index (κ1) is 23.1. The fourth-order valence-corrected chi connectivity index (χ4v) is 3.88. The zero-order valence-corrected chi connectivity index (χ0v) is 18.8. The number of hydrogen-bond acceptors (Lipinski definition) is 5. The van der Waals surface area contributed by atoms with Crippen molar-refractivity contribution in [1.82, 2.24) is 18.7 Å². The molecule has 32 heavy (non-hydrogen) atoms. The minimum Gasteiger partial charge on any atom is -0.383 e. The number of nitrogen functional groups attached to an aromatic ring is 1. The normalized spacial score (nSPS) is 11.2. The molecule has 2 aromatic heterocycles. The van der Waals surface area contributed by atoms with Gasteiger partial charge in [-0.15, -0.1) is 0 Å². The molecule has 3 aromatic rings. The summed E-state index contributed by atoms with van der Waals surface area (Å²) >= 11 is 0. The number of rotatable bonds is 9. The minimum atomic E-state index is -0.690. The van der Waals surface area contributed by atoms with Crippen LogP contribution in [0.25, 0.3) is 11.0 Å². The van der Waals surface area contributed by atoms with E-state index in [1.807, 2.05) is 38.1 Å². The minimum absolute atomic E-state index is 0.000874. The Hall–Kier alpha value is -3.56. The number of anilines is 2. The van der Waals surface area contributed by atoms with Gasteiger partial charge in [-0.05, 0) is 25.0 Å². The van der Waals surface area contributed by atoms with Crippen LogP contribution in [0, 0.1) is 0 Å². The van der Waals surface area contributed by atoms with Crippen molar-refractivity contribution in [1.29, 1.82) is 0 Å². The van der Waals surface area contributed by atoms with E-state index in [-0.39, 0.29) is 42.6 Å². The van der Waals surface area contributed by atoms with Crippen molar-refractivity contribution in [3.8, 4) is 0 Å². The molecule has 0 saturated heterocycles. The lowest BCUT2D eigenvalue weighted by atomic mass is 10.2. The standard InChI is InChI=1S/C22H30N6O4/c1-4-6-13-28-19(23)18(20(30)24-21(28)31)27(12-5-2)17(29)11-14-26-16-10-8-7-9-15(16)25(3)22(26)32/h7-10H,4-6,11-14,23H2,1-3H3,(H,24,30,31). The van der Waals surface area contributed by atoms with Gasteiger partial charge in [-0.3, -0.25) is 28.3 Å². The van der Waals surface area contributed by atoms with E-state index in [9.17, 15) is 19.2 Å². The van der Waals surface area contributed by atoms with Gasteiger partial charge in [0.2, 0.25) is 5.91 Å². The van der Waals surface area contributed by atoms with Crippen molar-refractivity contribution < 1.29 is 4.79 Å². The molecule has 0 atom stereocenters. The number of para-hydroxylation sites is 2. The molecular formula is C22H30N6O4. The number of nitrogens with two attached hydrogens (primary N) is 1. The molecule has 10 heteroatoms. The molecule has 10 nitrogen and oxygen atoms in total. The quantitative estimate of drug-likeness (QED) is 0.518. The van der Waals surface area contributed by atoms with Crippen LogP contribution in [0.15, 0.2) is 38.6 Å². The smallest absolute Gasteiger partial charge is 0.330 e. The molecule has 0 aliphatic carbocycles. The van der Waals surface area contributed by atoms with Crippen LogP contribution in [0.5, 0.6) is 0 Å². The number of aromatic nitrogens is 4. The fraction of sp³-hybridized carbons (Fsp3) is 0.455. The third kappa shape index (κ3) is 4.25. The molecule has 0 aliphatic rings. The average Bonchev–Trinajstić information content (AvgIpc) is 3.01. The van der Waals surface area contributed by atoms with Gasteiger partial charge < -0.3 is 10.6 Å². The van der Waals surface area contributed by atoms with E-state index in [1.54, 1.807) is 11.6 Å². The average molecular weight is 443 g/mol. The van der Waals surface area contributed by atoms with Gasteiger partial charge in [0, 0.05) is 33.1 Å². The number of nitrogens with one attached hydrogen (secondary N) is 1. The van der Waals surface area contributed by atoms with Gasteiger partial charge in [-0.1, -0.05) is 32.4 Å². The third-order valence-electron chi connectivity index (χ3n) is 5.57. The van der Waals surface area contributed by atoms with Crippen molar-refractivity contribution in [3.63, 3.8) is 0 Å². The summed E-state index contributed by atoms with van der Waals surface area (Å²) < 4.78 is 4.38. The van der Waals surface area contributed by atoms with Crippen molar-refractivity contribution in [2.75, 3.05) is 17.2 Å². The summed E-state index contributed by atoms with van der Waals surface area (Å²) in [5.41, 5.74) is 6.20. The second-order valence-electron chi connectivity index (χ2n) is 7.78. The summed E-state index contributed by atoms with van der Waals surface area (Å²) in [5.74, 6) is -0.360. The molecule has 0 fully saturated rings. The topological polar surface area (TPSA) is 128 Å². The second kappa shape index (κ2) is 9.71. The number of aromatic amines is 1. The number of benzene rings is 1. The number of nitrogens with zero attached hydrogens (tertiary/aromatic N) is 4. The molecule has 0 aliphatic heterocycles. The Bertz CT molecular complexity index is 1300. The predicted octanol–water partition coefficient (Wildman–Crippen LogP) is 1.41. The first-order chi connectivity index (χ1) is 15.3. The Morgan fingerprint density at radius 3 is 2.38 bits per heavy atom. The molecule has 3 rings (SSSR count). The number of H-pyrrole nitrogens is 1. The van der Waals surface area contributed by atoms with Crippen molar-refractivity contribution in [3.05, 3.63) is 55.6 Å². The summed E-state index contributed by atoms with van der Waals surface area (Å²) in [6.07, 6.45) is 2.15. The lowest BCUT2D eigenvalue weighted by Crippen LogP contribution is -2.42. The Balaban J connectivity index is 1.94. The SMILES string of the molecule is CCCCn1c(N)c(N(CCC)C(=O)CCn2c(=O)n(C)c3ccccc32)c(=O)[nH]c1=O. The maximum Gasteiger partial charge on any atom is 0.330 e. The monoisotopic (exact) mass is 442 g/mol. The fourth-order valence-electron chi connectivity index (χ4n) is 3.88. The van der Waals surface area contributed by atoms with Crippen LogP contribution in [-0.2, 0) is 24.9 Å². The molecule has 0 unspecified atom stereocenters. The van der Waals surface area contributed by atoms with Crippen LogP contribution in [0.3, 0.4) is 0 Å². The van der Waals surface area contributed by atoms with Gasteiger partial charge in [0.1, 0.15) is 5.82 Å². The summed E-state index contributed by atoms with van der Waals surface area (Å²) in [6, 6.07) is 7.36. The van der Waals surface area contributed by atoms with Crippen LogP contribution in [0.4, 0.5) is 11.5 Å². The molecule has 2 heterocycles. The highest BCUT2D eigenvalue weighted by molar-refractivity contribution is 5.95. The summed E-state index contributed by atoms with van der Waals surface area (Å²) in [4.78, 5) is 54.3. The number of carbonyl (C=O) groups excluding carboxylic acids is 1. The van der Waals surface area contributed by atoms with Crippen molar-refractivity contribution >= 4 is 28.4 Å². The number of carbonyl (C=O) groups is 1. The second-order valence-corrected chi connectivity index (χ2v) is 7.78. The Morgan fingerprint density at radius 2 is 1.72 bits per heavy atom. The highest BCUT2D eigenvalue weighted by Gasteiger charge is 2.24. The van der Waals surface area contributed by atoms with E-state index < -0.39 is 11.2 Å². The van der Waals surface area contributed by atoms with Crippen LogP contribution < -0.4 is 27.6 Å². The number of imidazole rings is 1. The van der Waals surface area contributed by atoms with Crippen LogP contribution >= 0.6 is 0 Å². The Morgan fingerprint density at radius 1 is 1.03 bits per heavy atom. The van der Waals surface area contributed by atoms with E-state index in [0.29, 0.717) is 19.4 Å². The van der Waals surface area contributed by atoms with Crippen molar-refractivity contribution in [2.45, 2.75) is 52.6 Å². The molecule has 3 N–H and O–H groups in total. The molecule has 0 bridgehead atoms. The third-order valence-corrected chi connectivity index (χ3v) is 5.57. The maximum absolute atomic E-state index is 13.2. The summed E-state index contributed by atoms with van der Waals surface area (Å²) in [5, 5.41) is 0. The zero-order chi connectivity index (χ0) is 23.4. The number of unbranched alkanes of at least 4 members (excludes halogenated alkanes) is 1. The molecule has 1 aromatic carbocycles. The van der Waals surface area contributed by atoms with E-state index in [2.05, 4.69) is 4.98 Å². The first-order valence-electron chi connectivity index (χ1n) is 10.9. The van der Waals surface area contributed by atoms with Gasteiger partial charge in [-0.2, -0.15) is 0 Å². The highest BCUT2D eigenvalue weighted by atomic mass is 16.2. The number of hydrogen-bond donors (Lipinski definition) is 2. The lowest BCUT2D eigenvalue weighted by Gasteiger charge is -2.24. The molecule has 1 amide bonds. The molecule has 0 radical (unpaired) electrons. The zero-order valence-electron chi connectivity index (χ0n) is 18.8. The van der Waals surface area contributed by atoms with Gasteiger partial charge in [0.15, 0.2) is 5.69 Å². The molecular weight excluding hydrogens is 412 g/mol. The predicted molar refractivity (Wildman–Crippen MR) is 125 cm³/mol. The highest BCUT2D eigenvalue weighted by Crippen LogP contribution is 2.19. The van der Waals surface area contributed by atoms with E-state index in [1.165, 1.54) is 14.0 Å². The maximum atomic E-state index is 13.2. The van der Waals surface area contributed by atoms with Crippen LogP contribution in [-0.4, -0.2) is 31.1 Å². The van der Waals surface area contributed by atoms with Crippen LogP contribution in [0.1, 0.15) is 39.5 Å². The van der Waals surface area contributed by atoms with Gasteiger partial charge in [-0.25, -0.2) is 9.59 Å². The first-order valence-corrected chi connectivity index (χ1v) is 10.9. The lowest BCUT2D eigenvalue weighted by molar-refractivity contribution is -0.118. The van der Waals surface area contributed by atoms with Gasteiger partial charge in [0.05, 0.1) is 11.0 Å². The van der Waals surface area contributed by atoms with Crippen LogP contribution in [0.2, 0.25) is 0 Å². The Labute approximate surface area is 184 Å². The number of aryl methyl sites for hydroxylation is 2. The summed E-state index contributed by atoms with van der Waals surface area (Å²) in [6.45, 7) is 4.64.